The number of anilines is 1. The molecule has 0 aliphatic heterocycles. The van der Waals surface area contributed by atoms with Crippen LogP contribution >= 0.6 is 0 Å². The van der Waals surface area contributed by atoms with Gasteiger partial charge in [-0.25, -0.2) is 0 Å². The largest absolute Gasteiger partial charge is 0.372 e. The molecular weight excluding hydrogens is 256 g/mol. The van der Waals surface area contributed by atoms with Crippen molar-refractivity contribution >= 4 is 11.6 Å². The van der Waals surface area contributed by atoms with E-state index in [1.807, 2.05) is 43.7 Å². The second-order valence-corrected chi connectivity index (χ2v) is 4.43. The molecule has 0 bridgehead atoms. The molecule has 0 fully saturated rings. The summed E-state index contributed by atoms with van der Waals surface area (Å²) in [5.74, 6) is 0.605. The minimum Gasteiger partial charge on any atom is -0.372 e. The summed E-state index contributed by atoms with van der Waals surface area (Å²) in [5.41, 5.74) is 2.66. The average molecular weight is 274 g/mol. The Labute approximate surface area is 117 Å². The Bertz CT molecular complexity index is 607. The molecule has 6 heteroatoms. The average Bonchev–Trinajstić information content (AvgIpc) is 2.85. The van der Waals surface area contributed by atoms with Crippen molar-refractivity contribution < 1.29 is 9.53 Å². The summed E-state index contributed by atoms with van der Waals surface area (Å²) in [4.78, 5) is 11.7. The van der Waals surface area contributed by atoms with E-state index in [1.165, 1.54) is 0 Å². The van der Waals surface area contributed by atoms with Gasteiger partial charge >= 0.3 is 0 Å². The lowest BCUT2D eigenvalue weighted by Crippen LogP contribution is -2.18. The first-order valence-electron chi connectivity index (χ1n) is 6.45. The molecule has 1 amide bonds. The van der Waals surface area contributed by atoms with Gasteiger partial charge < -0.3 is 14.6 Å². The number of nitrogens with one attached hydrogen (secondary N) is 1. The number of carbonyl (C=O) groups is 1. The molecule has 6 nitrogen and oxygen atoms in total. The van der Waals surface area contributed by atoms with Crippen LogP contribution in [0.4, 0.5) is 5.69 Å². The molecule has 0 radical (unpaired) electrons. The maximum absolute atomic E-state index is 11.7. The van der Waals surface area contributed by atoms with Gasteiger partial charge in [0.2, 0.25) is 5.91 Å². The number of benzene rings is 1. The Morgan fingerprint density at radius 1 is 1.45 bits per heavy atom. The number of aryl methyl sites for hydroxylation is 1. The van der Waals surface area contributed by atoms with E-state index in [-0.39, 0.29) is 12.5 Å². The number of amides is 1. The van der Waals surface area contributed by atoms with Gasteiger partial charge in [0.15, 0.2) is 5.82 Å². The van der Waals surface area contributed by atoms with E-state index in [0.717, 1.165) is 22.6 Å². The van der Waals surface area contributed by atoms with Gasteiger partial charge in [-0.2, -0.15) is 0 Å². The van der Waals surface area contributed by atoms with Crippen LogP contribution in [0.15, 0.2) is 24.5 Å². The Kier molecular flexibility index (Phi) is 4.47. The van der Waals surface area contributed by atoms with Gasteiger partial charge in [0.1, 0.15) is 12.9 Å². The topological polar surface area (TPSA) is 69.0 Å². The summed E-state index contributed by atoms with van der Waals surface area (Å²) in [6.07, 6.45) is 1.65. The lowest BCUT2D eigenvalue weighted by Gasteiger charge is -2.12. The number of aromatic nitrogens is 3. The van der Waals surface area contributed by atoms with Crippen LogP contribution in [0.2, 0.25) is 0 Å². The second-order valence-electron chi connectivity index (χ2n) is 4.43. The number of nitrogens with zero attached hydrogens (tertiary/aromatic N) is 3. The molecule has 0 unspecified atom stereocenters. The quantitative estimate of drug-likeness (QED) is 0.902. The highest BCUT2D eigenvalue weighted by Gasteiger charge is 2.12. The van der Waals surface area contributed by atoms with Gasteiger partial charge in [0.25, 0.3) is 0 Å². The molecule has 1 heterocycles. The van der Waals surface area contributed by atoms with Crippen LogP contribution in [0, 0.1) is 6.92 Å². The van der Waals surface area contributed by atoms with Crippen LogP contribution in [-0.4, -0.2) is 33.9 Å². The molecule has 0 aliphatic rings. The third-order valence-corrected chi connectivity index (χ3v) is 3.00. The Morgan fingerprint density at radius 3 is 2.90 bits per heavy atom. The van der Waals surface area contributed by atoms with Crippen molar-refractivity contribution in [2.45, 2.75) is 13.8 Å². The Hall–Kier alpha value is -2.21. The zero-order chi connectivity index (χ0) is 14.5. The molecule has 1 aromatic carbocycles. The van der Waals surface area contributed by atoms with Crippen LogP contribution in [0.25, 0.3) is 11.4 Å². The highest BCUT2D eigenvalue weighted by atomic mass is 16.5. The molecule has 0 saturated carbocycles. The minimum absolute atomic E-state index is 0.0597. The smallest absolute Gasteiger partial charge is 0.250 e. The summed E-state index contributed by atoms with van der Waals surface area (Å²) < 4.78 is 6.93. The van der Waals surface area contributed by atoms with E-state index >= 15 is 0 Å². The maximum Gasteiger partial charge on any atom is 0.250 e. The Morgan fingerprint density at radius 2 is 2.25 bits per heavy atom. The predicted molar refractivity (Wildman–Crippen MR) is 76.3 cm³/mol. The Balaban J connectivity index is 2.24. The van der Waals surface area contributed by atoms with Gasteiger partial charge in [-0.1, -0.05) is 12.1 Å². The first-order chi connectivity index (χ1) is 9.63. The molecule has 0 saturated heterocycles. The van der Waals surface area contributed by atoms with Crippen LogP contribution in [-0.2, 0) is 16.6 Å². The lowest BCUT2D eigenvalue weighted by molar-refractivity contribution is -0.120. The van der Waals surface area contributed by atoms with Crippen LogP contribution in [0.1, 0.15) is 12.5 Å². The SMILES string of the molecule is CCOCC(=O)Nc1cccc(-c2nncn2C)c1C. The molecular formula is C14H18N4O2. The first kappa shape index (κ1) is 14.2. The van der Waals surface area contributed by atoms with Crippen LogP contribution in [0.3, 0.4) is 0 Å². The van der Waals surface area contributed by atoms with Crippen molar-refractivity contribution in [3.8, 4) is 11.4 Å². The monoisotopic (exact) mass is 274 g/mol. The molecule has 1 N–H and O–H groups in total. The number of ether oxygens (including phenoxy) is 1. The predicted octanol–water partition coefficient (Wildman–Crippen LogP) is 1.77. The fourth-order valence-electron chi connectivity index (χ4n) is 1.92. The standard InChI is InChI=1S/C14H18N4O2/c1-4-20-8-13(19)16-12-7-5-6-11(10(12)2)14-17-15-9-18(14)3/h5-7,9H,4,8H2,1-3H3,(H,16,19). The summed E-state index contributed by atoms with van der Waals surface area (Å²) in [5, 5.41) is 10.8. The minimum atomic E-state index is -0.162. The van der Waals surface area contributed by atoms with Crippen molar-refractivity contribution in [1.82, 2.24) is 14.8 Å². The van der Waals surface area contributed by atoms with E-state index in [1.54, 1.807) is 6.33 Å². The molecule has 2 rings (SSSR count). The lowest BCUT2D eigenvalue weighted by atomic mass is 10.1. The van der Waals surface area contributed by atoms with Gasteiger partial charge in [0.05, 0.1) is 0 Å². The van der Waals surface area contributed by atoms with E-state index in [4.69, 9.17) is 4.74 Å². The summed E-state index contributed by atoms with van der Waals surface area (Å²) in [6.45, 7) is 4.38. The summed E-state index contributed by atoms with van der Waals surface area (Å²) in [6, 6.07) is 5.70. The molecule has 0 aliphatic carbocycles. The van der Waals surface area contributed by atoms with E-state index in [9.17, 15) is 4.79 Å². The van der Waals surface area contributed by atoms with E-state index in [0.29, 0.717) is 6.61 Å². The van der Waals surface area contributed by atoms with Crippen molar-refractivity contribution in [1.29, 1.82) is 0 Å². The normalized spacial score (nSPS) is 10.6. The third-order valence-electron chi connectivity index (χ3n) is 3.00. The van der Waals surface area contributed by atoms with Crippen LogP contribution < -0.4 is 5.32 Å². The van der Waals surface area contributed by atoms with E-state index < -0.39 is 0 Å². The maximum atomic E-state index is 11.7. The highest BCUT2D eigenvalue weighted by molar-refractivity contribution is 5.93. The van der Waals surface area contributed by atoms with E-state index in [2.05, 4.69) is 15.5 Å². The van der Waals surface area contributed by atoms with Gasteiger partial charge in [0, 0.05) is 24.9 Å². The van der Waals surface area contributed by atoms with Crippen molar-refractivity contribution in [2.24, 2.45) is 7.05 Å². The fourth-order valence-corrected chi connectivity index (χ4v) is 1.92. The van der Waals surface area contributed by atoms with Crippen molar-refractivity contribution in [2.75, 3.05) is 18.5 Å². The van der Waals surface area contributed by atoms with Gasteiger partial charge in [-0.3, -0.25) is 4.79 Å². The molecule has 20 heavy (non-hydrogen) atoms. The zero-order valence-electron chi connectivity index (χ0n) is 11.9. The molecule has 0 spiro atoms. The fraction of sp³-hybridized carbons (Fsp3) is 0.357. The van der Waals surface area contributed by atoms with Gasteiger partial charge in [-0.15, -0.1) is 10.2 Å². The van der Waals surface area contributed by atoms with Crippen molar-refractivity contribution in [3.63, 3.8) is 0 Å². The molecule has 2 aromatic rings. The summed E-state index contributed by atoms with van der Waals surface area (Å²) >= 11 is 0. The number of hydrogen-bond donors (Lipinski definition) is 1. The number of rotatable bonds is 5. The van der Waals surface area contributed by atoms with Gasteiger partial charge in [-0.05, 0) is 25.5 Å². The zero-order valence-corrected chi connectivity index (χ0v) is 11.9. The van der Waals surface area contributed by atoms with Crippen molar-refractivity contribution in [3.05, 3.63) is 30.1 Å². The highest BCUT2D eigenvalue weighted by Crippen LogP contribution is 2.26. The summed E-state index contributed by atoms with van der Waals surface area (Å²) in [7, 11) is 1.88. The van der Waals surface area contributed by atoms with Crippen LogP contribution in [0.5, 0.6) is 0 Å². The first-order valence-corrected chi connectivity index (χ1v) is 6.45. The number of hydrogen-bond acceptors (Lipinski definition) is 4. The molecule has 1 aromatic heterocycles. The number of carbonyl (C=O) groups excluding carboxylic acids is 1. The third kappa shape index (κ3) is 3.03. The molecule has 106 valence electrons. The second kappa shape index (κ2) is 6.29. The molecule has 0 atom stereocenters.